The van der Waals surface area contributed by atoms with Gasteiger partial charge in [0.15, 0.2) is 0 Å². The minimum atomic E-state index is 0.415. The third-order valence-electron chi connectivity index (χ3n) is 2.66. The smallest absolute Gasteiger partial charge is 0.142 e. The Morgan fingerprint density at radius 1 is 1.29 bits per heavy atom. The number of hydrogen-bond donors (Lipinski definition) is 0. The quantitative estimate of drug-likeness (QED) is 0.806. The van der Waals surface area contributed by atoms with Crippen molar-refractivity contribution in [2.24, 2.45) is 0 Å². The van der Waals surface area contributed by atoms with Crippen LogP contribution in [-0.2, 0) is 12.8 Å². The average Bonchev–Trinajstić information content (AvgIpc) is 2.82. The van der Waals surface area contributed by atoms with E-state index in [0.29, 0.717) is 5.69 Å². The summed E-state index contributed by atoms with van der Waals surface area (Å²) in [5, 5.41) is 13.4. The molecule has 0 bridgehead atoms. The van der Waals surface area contributed by atoms with E-state index in [2.05, 4.69) is 30.0 Å². The SMILES string of the molecule is CCc1cc(CC)n(-c2ccnc(C#N)c2)n1. The molecule has 0 aliphatic rings. The van der Waals surface area contributed by atoms with E-state index in [1.807, 2.05) is 16.8 Å². The minimum absolute atomic E-state index is 0.415. The molecule has 0 fully saturated rings. The van der Waals surface area contributed by atoms with Gasteiger partial charge in [-0.2, -0.15) is 10.4 Å². The summed E-state index contributed by atoms with van der Waals surface area (Å²) in [5.41, 5.74) is 3.53. The average molecular weight is 226 g/mol. The maximum Gasteiger partial charge on any atom is 0.142 e. The van der Waals surface area contributed by atoms with Crippen molar-refractivity contribution in [1.82, 2.24) is 14.8 Å². The van der Waals surface area contributed by atoms with Crippen LogP contribution in [0.25, 0.3) is 5.69 Å². The first-order valence-electron chi connectivity index (χ1n) is 5.72. The zero-order valence-corrected chi connectivity index (χ0v) is 10.0. The van der Waals surface area contributed by atoms with E-state index in [1.54, 1.807) is 12.3 Å². The Morgan fingerprint density at radius 2 is 2.12 bits per heavy atom. The van der Waals surface area contributed by atoms with E-state index in [-0.39, 0.29) is 0 Å². The van der Waals surface area contributed by atoms with Crippen LogP contribution in [0.5, 0.6) is 0 Å². The van der Waals surface area contributed by atoms with Crippen molar-refractivity contribution in [1.29, 1.82) is 5.26 Å². The fourth-order valence-corrected chi connectivity index (χ4v) is 1.74. The Balaban J connectivity index is 2.51. The van der Waals surface area contributed by atoms with E-state index < -0.39 is 0 Å². The molecule has 0 saturated carbocycles. The Kier molecular flexibility index (Phi) is 3.20. The van der Waals surface area contributed by atoms with Crippen LogP contribution in [0.3, 0.4) is 0 Å². The normalized spacial score (nSPS) is 10.2. The maximum absolute atomic E-state index is 8.84. The van der Waals surface area contributed by atoms with Crippen molar-refractivity contribution < 1.29 is 0 Å². The number of nitrogens with zero attached hydrogens (tertiary/aromatic N) is 4. The van der Waals surface area contributed by atoms with Crippen LogP contribution in [0.4, 0.5) is 0 Å². The zero-order valence-electron chi connectivity index (χ0n) is 10.0. The summed E-state index contributed by atoms with van der Waals surface area (Å²) in [6.45, 7) is 4.18. The van der Waals surface area contributed by atoms with E-state index in [4.69, 9.17) is 5.26 Å². The highest BCUT2D eigenvalue weighted by atomic mass is 15.3. The topological polar surface area (TPSA) is 54.5 Å². The monoisotopic (exact) mass is 226 g/mol. The second-order valence-electron chi connectivity index (χ2n) is 3.76. The Labute approximate surface area is 101 Å². The highest BCUT2D eigenvalue weighted by Gasteiger charge is 2.07. The number of pyridine rings is 1. The van der Waals surface area contributed by atoms with Gasteiger partial charge in [-0.05, 0) is 25.0 Å². The van der Waals surface area contributed by atoms with E-state index >= 15 is 0 Å². The molecular formula is C13H14N4. The number of aromatic nitrogens is 3. The van der Waals surface area contributed by atoms with E-state index in [9.17, 15) is 0 Å². The van der Waals surface area contributed by atoms with Gasteiger partial charge < -0.3 is 0 Å². The summed E-state index contributed by atoms with van der Waals surface area (Å²) >= 11 is 0. The predicted molar refractivity (Wildman–Crippen MR) is 64.8 cm³/mol. The second kappa shape index (κ2) is 4.79. The van der Waals surface area contributed by atoms with E-state index in [0.717, 1.165) is 29.9 Å². The molecule has 2 aromatic heterocycles. The van der Waals surface area contributed by atoms with Crippen LogP contribution >= 0.6 is 0 Å². The molecule has 0 atom stereocenters. The Morgan fingerprint density at radius 3 is 2.76 bits per heavy atom. The van der Waals surface area contributed by atoms with Gasteiger partial charge in [-0.15, -0.1) is 0 Å². The van der Waals surface area contributed by atoms with Crippen molar-refractivity contribution in [2.75, 3.05) is 0 Å². The molecule has 0 saturated heterocycles. The lowest BCUT2D eigenvalue weighted by molar-refractivity contribution is 0.792. The van der Waals surface area contributed by atoms with Crippen molar-refractivity contribution in [3.8, 4) is 11.8 Å². The van der Waals surface area contributed by atoms with Crippen LogP contribution < -0.4 is 0 Å². The van der Waals surface area contributed by atoms with E-state index in [1.165, 1.54) is 0 Å². The number of hydrogen-bond acceptors (Lipinski definition) is 3. The molecule has 0 amide bonds. The molecule has 2 heterocycles. The standard InChI is InChI=1S/C13H14N4/c1-3-10-7-12(4-2)17(16-10)13-5-6-15-11(8-13)9-14/h5-8H,3-4H2,1-2H3. The van der Waals surface area contributed by atoms with Gasteiger partial charge in [0, 0.05) is 18.0 Å². The van der Waals surface area contributed by atoms with Gasteiger partial charge in [0.1, 0.15) is 11.8 Å². The molecule has 2 aromatic rings. The first-order chi connectivity index (χ1) is 8.28. The molecule has 0 spiro atoms. The van der Waals surface area contributed by atoms with Crippen molar-refractivity contribution in [3.63, 3.8) is 0 Å². The first kappa shape index (κ1) is 11.3. The predicted octanol–water partition coefficient (Wildman–Crippen LogP) is 2.26. The van der Waals surface area contributed by atoms with Gasteiger partial charge in [-0.25, -0.2) is 9.67 Å². The lowest BCUT2D eigenvalue weighted by atomic mass is 10.2. The fourth-order valence-electron chi connectivity index (χ4n) is 1.74. The molecule has 0 aliphatic heterocycles. The molecule has 0 unspecified atom stereocenters. The Bertz CT molecular complexity index is 563. The molecule has 0 aromatic carbocycles. The lowest BCUT2D eigenvalue weighted by Crippen LogP contribution is -2.02. The third kappa shape index (κ3) is 2.18. The van der Waals surface area contributed by atoms with Crippen molar-refractivity contribution in [2.45, 2.75) is 26.7 Å². The summed E-state index contributed by atoms with van der Waals surface area (Å²) in [7, 11) is 0. The van der Waals surface area contributed by atoms with Gasteiger partial charge in [-0.1, -0.05) is 13.8 Å². The molecule has 4 heteroatoms. The summed E-state index contributed by atoms with van der Waals surface area (Å²) in [6, 6.07) is 7.77. The number of nitriles is 1. The molecule has 17 heavy (non-hydrogen) atoms. The molecule has 2 rings (SSSR count). The van der Waals surface area contributed by atoms with Crippen molar-refractivity contribution >= 4 is 0 Å². The lowest BCUT2D eigenvalue weighted by Gasteiger charge is -2.05. The van der Waals surface area contributed by atoms with Crippen LogP contribution in [-0.4, -0.2) is 14.8 Å². The van der Waals surface area contributed by atoms with Gasteiger partial charge in [0.2, 0.25) is 0 Å². The second-order valence-corrected chi connectivity index (χ2v) is 3.76. The molecule has 4 nitrogen and oxygen atoms in total. The first-order valence-corrected chi connectivity index (χ1v) is 5.72. The molecular weight excluding hydrogens is 212 g/mol. The summed E-state index contributed by atoms with van der Waals surface area (Å²) in [5.74, 6) is 0. The molecule has 0 radical (unpaired) electrons. The summed E-state index contributed by atoms with van der Waals surface area (Å²) in [6.07, 6.45) is 3.47. The number of aryl methyl sites for hydroxylation is 2. The van der Waals surface area contributed by atoms with Crippen LogP contribution in [0.2, 0.25) is 0 Å². The summed E-state index contributed by atoms with van der Waals surface area (Å²) < 4.78 is 1.89. The summed E-state index contributed by atoms with van der Waals surface area (Å²) in [4.78, 5) is 3.96. The largest absolute Gasteiger partial charge is 0.245 e. The Hall–Kier alpha value is -2.15. The molecule has 86 valence electrons. The molecule has 0 N–H and O–H groups in total. The fraction of sp³-hybridized carbons (Fsp3) is 0.308. The van der Waals surface area contributed by atoms with Gasteiger partial charge in [-0.3, -0.25) is 0 Å². The molecule has 0 aliphatic carbocycles. The number of rotatable bonds is 3. The van der Waals surface area contributed by atoms with Crippen LogP contribution in [0, 0.1) is 11.3 Å². The van der Waals surface area contributed by atoms with Crippen molar-refractivity contribution in [3.05, 3.63) is 41.5 Å². The highest BCUT2D eigenvalue weighted by Crippen LogP contribution is 2.14. The highest BCUT2D eigenvalue weighted by molar-refractivity contribution is 5.37. The van der Waals surface area contributed by atoms with Crippen LogP contribution in [0.1, 0.15) is 30.9 Å². The van der Waals surface area contributed by atoms with Gasteiger partial charge >= 0.3 is 0 Å². The minimum Gasteiger partial charge on any atom is -0.245 e. The maximum atomic E-state index is 8.84. The van der Waals surface area contributed by atoms with Gasteiger partial charge in [0.05, 0.1) is 11.4 Å². The van der Waals surface area contributed by atoms with Crippen LogP contribution in [0.15, 0.2) is 24.4 Å². The van der Waals surface area contributed by atoms with Gasteiger partial charge in [0.25, 0.3) is 0 Å². The zero-order chi connectivity index (χ0) is 12.3. The third-order valence-corrected chi connectivity index (χ3v) is 2.66.